The molecule has 0 radical (unpaired) electrons. The predicted molar refractivity (Wildman–Crippen MR) is 83.0 cm³/mol. The van der Waals surface area contributed by atoms with Crippen molar-refractivity contribution in [3.05, 3.63) is 34.4 Å². The second-order valence-corrected chi connectivity index (χ2v) is 7.43. The molecule has 0 aliphatic rings. The molecule has 0 spiro atoms. The van der Waals surface area contributed by atoms with E-state index >= 15 is 0 Å². The van der Waals surface area contributed by atoms with Gasteiger partial charge in [-0.2, -0.15) is 0 Å². The van der Waals surface area contributed by atoms with Gasteiger partial charge in [-0.25, -0.2) is 12.7 Å². The summed E-state index contributed by atoms with van der Waals surface area (Å²) >= 11 is 0. The first-order chi connectivity index (χ1) is 9.10. The molecule has 0 aliphatic carbocycles. The summed E-state index contributed by atoms with van der Waals surface area (Å²) in [7, 11) is -2.33. The first-order valence-corrected chi connectivity index (χ1v) is 7.45. The maximum Gasteiger partial charge on any atom is 0.270 e. The predicted octanol–water partition coefficient (Wildman–Crippen LogP) is 1.62. The molecule has 0 aromatic heterocycles. The molecule has 1 aromatic rings. The smallest absolute Gasteiger partial charge is 0.270 e. The van der Waals surface area contributed by atoms with Gasteiger partial charge in [0.25, 0.3) is 5.69 Å². The Labute approximate surface area is 130 Å². The minimum absolute atomic E-state index is 0. The summed E-state index contributed by atoms with van der Waals surface area (Å²) in [6.45, 7) is 4.27. The Hall–Kier alpha value is -1.22. The zero-order valence-electron chi connectivity index (χ0n) is 12.1. The Balaban J connectivity index is 0.00000400. The van der Waals surface area contributed by atoms with E-state index in [1.807, 2.05) is 13.8 Å². The molecule has 0 saturated carbocycles. The maximum atomic E-state index is 12.4. The average molecular weight is 338 g/mol. The van der Waals surface area contributed by atoms with Crippen LogP contribution in [0.15, 0.2) is 29.2 Å². The first-order valence-electron chi connectivity index (χ1n) is 6.01. The molecular formula is C12H20ClN3O4S. The van der Waals surface area contributed by atoms with Gasteiger partial charge in [0.15, 0.2) is 0 Å². The van der Waals surface area contributed by atoms with Crippen molar-refractivity contribution in [2.24, 2.45) is 11.1 Å². The normalized spacial score (nSPS) is 12.0. The number of sulfonamides is 1. The first kappa shape index (κ1) is 19.8. The summed E-state index contributed by atoms with van der Waals surface area (Å²) in [5.74, 6) is 0. The molecule has 120 valence electrons. The number of halogens is 1. The Morgan fingerprint density at radius 2 is 1.95 bits per heavy atom. The van der Waals surface area contributed by atoms with Crippen LogP contribution in [-0.2, 0) is 10.0 Å². The lowest BCUT2D eigenvalue weighted by atomic mass is 9.94. The van der Waals surface area contributed by atoms with Gasteiger partial charge in [-0.05, 0) is 18.0 Å². The zero-order chi connectivity index (χ0) is 15.6. The van der Waals surface area contributed by atoms with Crippen LogP contribution in [0.1, 0.15) is 13.8 Å². The number of rotatable bonds is 6. The molecule has 0 saturated heterocycles. The van der Waals surface area contributed by atoms with Crippen LogP contribution >= 0.6 is 12.4 Å². The fourth-order valence-electron chi connectivity index (χ4n) is 1.69. The van der Waals surface area contributed by atoms with Gasteiger partial charge in [-0.15, -0.1) is 12.4 Å². The molecule has 0 heterocycles. The maximum absolute atomic E-state index is 12.4. The Kier molecular flexibility index (Phi) is 6.75. The van der Waals surface area contributed by atoms with E-state index < -0.39 is 14.9 Å². The number of non-ortho nitro benzene ring substituents is 1. The van der Waals surface area contributed by atoms with E-state index in [2.05, 4.69) is 0 Å². The molecule has 0 aliphatic heterocycles. The van der Waals surface area contributed by atoms with Crippen molar-refractivity contribution < 1.29 is 13.3 Å². The van der Waals surface area contributed by atoms with Crippen LogP contribution in [0.2, 0.25) is 0 Å². The number of nitro groups is 1. The standard InChI is InChI=1S/C12H19N3O4S.ClH/c1-12(2,8-13)9-14(3)20(18,19)11-6-4-5-10(7-11)15(16)17;/h4-7H,8-9,13H2,1-3H3;1H. The van der Waals surface area contributed by atoms with Crippen LogP contribution in [0.4, 0.5) is 5.69 Å². The Morgan fingerprint density at radius 1 is 1.38 bits per heavy atom. The van der Waals surface area contributed by atoms with E-state index in [-0.39, 0.29) is 34.9 Å². The SMILES string of the molecule is CN(CC(C)(C)CN)S(=O)(=O)c1cccc([N+](=O)[O-])c1.Cl. The molecule has 0 atom stereocenters. The molecule has 0 fully saturated rings. The van der Waals surface area contributed by atoms with Crippen LogP contribution in [0.3, 0.4) is 0 Å². The molecule has 7 nitrogen and oxygen atoms in total. The van der Waals surface area contributed by atoms with Crippen molar-refractivity contribution in [2.75, 3.05) is 20.1 Å². The van der Waals surface area contributed by atoms with Crippen molar-refractivity contribution in [1.29, 1.82) is 0 Å². The lowest BCUT2D eigenvalue weighted by Crippen LogP contribution is -2.39. The second-order valence-electron chi connectivity index (χ2n) is 5.38. The third-order valence-electron chi connectivity index (χ3n) is 2.94. The van der Waals surface area contributed by atoms with Crippen molar-refractivity contribution in [2.45, 2.75) is 18.7 Å². The number of nitrogens with zero attached hydrogens (tertiary/aromatic N) is 2. The minimum Gasteiger partial charge on any atom is -0.330 e. The summed E-state index contributed by atoms with van der Waals surface area (Å²) in [4.78, 5) is 9.99. The third kappa shape index (κ3) is 4.92. The molecule has 0 unspecified atom stereocenters. The third-order valence-corrected chi connectivity index (χ3v) is 4.74. The number of nitrogens with two attached hydrogens (primary N) is 1. The number of benzene rings is 1. The Morgan fingerprint density at radius 3 is 2.43 bits per heavy atom. The van der Waals surface area contributed by atoms with Crippen LogP contribution in [-0.4, -0.2) is 37.8 Å². The fraction of sp³-hybridized carbons (Fsp3) is 0.500. The molecule has 1 rings (SSSR count). The van der Waals surface area contributed by atoms with Gasteiger partial charge in [0, 0.05) is 25.7 Å². The van der Waals surface area contributed by atoms with Crippen molar-refractivity contribution in [1.82, 2.24) is 4.31 Å². The van der Waals surface area contributed by atoms with Crippen LogP contribution in [0.5, 0.6) is 0 Å². The zero-order valence-corrected chi connectivity index (χ0v) is 13.8. The lowest BCUT2D eigenvalue weighted by Gasteiger charge is -2.28. The molecule has 0 amide bonds. The highest BCUT2D eigenvalue weighted by atomic mass is 35.5. The lowest BCUT2D eigenvalue weighted by molar-refractivity contribution is -0.385. The van der Waals surface area contributed by atoms with Crippen LogP contribution in [0.25, 0.3) is 0 Å². The van der Waals surface area contributed by atoms with Gasteiger partial charge in [0.1, 0.15) is 0 Å². The van der Waals surface area contributed by atoms with Gasteiger partial charge in [0.2, 0.25) is 10.0 Å². The fourth-order valence-corrected chi connectivity index (χ4v) is 3.09. The molecule has 2 N–H and O–H groups in total. The highest BCUT2D eigenvalue weighted by Gasteiger charge is 2.28. The van der Waals surface area contributed by atoms with Crippen LogP contribution in [0, 0.1) is 15.5 Å². The molecule has 21 heavy (non-hydrogen) atoms. The van der Waals surface area contributed by atoms with Crippen LogP contribution < -0.4 is 5.73 Å². The summed E-state index contributed by atoms with van der Waals surface area (Å²) in [6, 6.07) is 5.01. The van der Waals surface area contributed by atoms with E-state index in [0.29, 0.717) is 6.54 Å². The monoisotopic (exact) mass is 337 g/mol. The van der Waals surface area contributed by atoms with E-state index in [1.54, 1.807) is 0 Å². The van der Waals surface area contributed by atoms with E-state index in [0.717, 1.165) is 6.07 Å². The largest absolute Gasteiger partial charge is 0.330 e. The molecule has 9 heteroatoms. The molecule has 0 bridgehead atoms. The number of hydrogen-bond donors (Lipinski definition) is 1. The summed E-state index contributed by atoms with van der Waals surface area (Å²) < 4.78 is 25.9. The topological polar surface area (TPSA) is 107 Å². The van der Waals surface area contributed by atoms with Gasteiger partial charge < -0.3 is 5.73 Å². The van der Waals surface area contributed by atoms with E-state index in [1.165, 1.54) is 29.6 Å². The van der Waals surface area contributed by atoms with Gasteiger partial charge in [-0.1, -0.05) is 19.9 Å². The number of hydrogen-bond acceptors (Lipinski definition) is 5. The Bertz CT molecular complexity index is 604. The quantitative estimate of drug-likeness (QED) is 0.627. The van der Waals surface area contributed by atoms with E-state index in [9.17, 15) is 18.5 Å². The second kappa shape index (κ2) is 7.17. The number of nitro benzene ring substituents is 1. The summed E-state index contributed by atoms with van der Waals surface area (Å²) in [5, 5.41) is 10.7. The highest BCUT2D eigenvalue weighted by Crippen LogP contribution is 2.23. The van der Waals surface area contributed by atoms with Crippen molar-refractivity contribution in [3.63, 3.8) is 0 Å². The summed E-state index contributed by atoms with van der Waals surface area (Å²) in [5.41, 5.74) is 4.96. The molecule has 1 aromatic carbocycles. The summed E-state index contributed by atoms with van der Waals surface area (Å²) in [6.07, 6.45) is 0. The van der Waals surface area contributed by atoms with Gasteiger partial charge in [-0.3, -0.25) is 10.1 Å². The van der Waals surface area contributed by atoms with Crippen molar-refractivity contribution in [3.8, 4) is 0 Å². The highest BCUT2D eigenvalue weighted by molar-refractivity contribution is 7.89. The van der Waals surface area contributed by atoms with Gasteiger partial charge >= 0.3 is 0 Å². The van der Waals surface area contributed by atoms with Gasteiger partial charge in [0.05, 0.1) is 9.82 Å². The minimum atomic E-state index is -3.76. The molecular weight excluding hydrogens is 318 g/mol. The van der Waals surface area contributed by atoms with Crippen molar-refractivity contribution >= 4 is 28.1 Å². The average Bonchev–Trinajstić information content (AvgIpc) is 2.38. The van der Waals surface area contributed by atoms with E-state index in [4.69, 9.17) is 5.73 Å².